The van der Waals surface area contributed by atoms with Gasteiger partial charge in [-0.05, 0) is 70.1 Å². The third-order valence-electron chi connectivity index (χ3n) is 5.51. The van der Waals surface area contributed by atoms with Gasteiger partial charge < -0.3 is 10.6 Å². The van der Waals surface area contributed by atoms with Gasteiger partial charge in [0.15, 0.2) is 0 Å². The molecule has 122 valence electrons. The van der Waals surface area contributed by atoms with Crippen molar-refractivity contribution in [2.75, 3.05) is 13.1 Å². The number of nitrogens with zero attached hydrogens (tertiary/aromatic N) is 1. The predicted octanol–water partition coefficient (Wildman–Crippen LogP) is 3.84. The van der Waals surface area contributed by atoms with Gasteiger partial charge in [-0.15, -0.1) is 0 Å². The van der Waals surface area contributed by atoms with E-state index in [1.165, 1.54) is 44.9 Å². The number of quaternary nitrogens is 1. The van der Waals surface area contributed by atoms with Crippen molar-refractivity contribution in [3.05, 3.63) is 11.8 Å². The molecule has 1 saturated carbocycles. The fourth-order valence-electron chi connectivity index (χ4n) is 4.14. The number of rotatable bonds is 8. The maximum absolute atomic E-state index is 4.36. The van der Waals surface area contributed by atoms with Crippen molar-refractivity contribution in [3.8, 4) is 0 Å². The second-order valence-corrected chi connectivity index (χ2v) is 8.16. The number of hydrogen-bond donors (Lipinski definition) is 1. The highest BCUT2D eigenvalue weighted by molar-refractivity contribution is 5.11. The molecule has 0 aromatic carbocycles. The molecular weight excluding hydrogens is 256 g/mol. The second-order valence-electron chi connectivity index (χ2n) is 8.16. The summed E-state index contributed by atoms with van der Waals surface area (Å²) in [6.07, 6.45) is 12.2. The highest BCUT2D eigenvalue weighted by Gasteiger charge is 2.32. The highest BCUT2D eigenvalue weighted by atomic mass is 15.1. The zero-order valence-electron chi connectivity index (χ0n) is 14.8. The SMILES string of the molecule is CCN(CC)C1=CC(CCCC([NH3+])C2CC2)CC(C)(C)C1. The molecule has 2 aliphatic rings. The predicted molar refractivity (Wildman–Crippen MR) is 90.8 cm³/mol. The summed E-state index contributed by atoms with van der Waals surface area (Å²) in [4.78, 5) is 2.56. The van der Waals surface area contributed by atoms with Crippen LogP contribution in [-0.4, -0.2) is 24.0 Å². The Morgan fingerprint density at radius 2 is 1.95 bits per heavy atom. The van der Waals surface area contributed by atoms with E-state index in [2.05, 4.69) is 44.4 Å². The van der Waals surface area contributed by atoms with E-state index in [1.807, 2.05) is 0 Å². The molecule has 0 aromatic heterocycles. The monoisotopic (exact) mass is 293 g/mol. The Morgan fingerprint density at radius 3 is 2.52 bits per heavy atom. The van der Waals surface area contributed by atoms with E-state index in [1.54, 1.807) is 5.70 Å². The van der Waals surface area contributed by atoms with Crippen molar-refractivity contribution < 1.29 is 5.73 Å². The zero-order valence-corrected chi connectivity index (χ0v) is 14.8. The van der Waals surface area contributed by atoms with E-state index in [0.29, 0.717) is 5.41 Å². The van der Waals surface area contributed by atoms with Crippen LogP contribution in [0.2, 0.25) is 0 Å². The van der Waals surface area contributed by atoms with Gasteiger partial charge in [-0.2, -0.15) is 0 Å². The molecule has 2 unspecified atom stereocenters. The van der Waals surface area contributed by atoms with Gasteiger partial charge in [0.2, 0.25) is 0 Å². The quantitative estimate of drug-likeness (QED) is 0.724. The van der Waals surface area contributed by atoms with Crippen molar-refractivity contribution >= 4 is 0 Å². The van der Waals surface area contributed by atoms with E-state index in [4.69, 9.17) is 0 Å². The van der Waals surface area contributed by atoms with Gasteiger partial charge in [0.05, 0.1) is 6.04 Å². The molecule has 0 aliphatic heterocycles. The maximum atomic E-state index is 4.36. The van der Waals surface area contributed by atoms with Crippen LogP contribution < -0.4 is 5.73 Å². The summed E-state index contributed by atoms with van der Waals surface area (Å²) in [5.74, 6) is 1.75. The van der Waals surface area contributed by atoms with Gasteiger partial charge >= 0.3 is 0 Å². The first kappa shape index (κ1) is 16.9. The van der Waals surface area contributed by atoms with E-state index in [0.717, 1.165) is 31.0 Å². The topological polar surface area (TPSA) is 30.9 Å². The lowest BCUT2D eigenvalue weighted by Gasteiger charge is -2.39. The third kappa shape index (κ3) is 5.02. The van der Waals surface area contributed by atoms with Gasteiger partial charge in [-0.25, -0.2) is 0 Å². The Labute approximate surface area is 132 Å². The Bertz CT molecular complexity index is 351. The highest BCUT2D eigenvalue weighted by Crippen LogP contribution is 2.41. The van der Waals surface area contributed by atoms with Crippen molar-refractivity contribution in [2.24, 2.45) is 17.3 Å². The second kappa shape index (κ2) is 7.17. The average Bonchev–Trinajstić information content (AvgIpc) is 3.22. The lowest BCUT2D eigenvalue weighted by Crippen LogP contribution is -2.62. The zero-order chi connectivity index (χ0) is 15.5. The Morgan fingerprint density at radius 1 is 1.29 bits per heavy atom. The summed E-state index contributed by atoms with van der Waals surface area (Å²) >= 11 is 0. The molecule has 2 heteroatoms. The van der Waals surface area contributed by atoms with Gasteiger partial charge in [0.25, 0.3) is 0 Å². The summed E-state index contributed by atoms with van der Waals surface area (Å²) in [7, 11) is 0. The normalized spacial score (nSPS) is 26.3. The summed E-state index contributed by atoms with van der Waals surface area (Å²) in [6, 6.07) is 0.729. The van der Waals surface area contributed by atoms with Gasteiger partial charge in [-0.3, -0.25) is 0 Å². The van der Waals surface area contributed by atoms with Crippen molar-refractivity contribution in [1.29, 1.82) is 0 Å². The summed E-state index contributed by atoms with van der Waals surface area (Å²) in [6.45, 7) is 11.8. The van der Waals surface area contributed by atoms with Crippen LogP contribution in [0.3, 0.4) is 0 Å². The number of hydrogen-bond acceptors (Lipinski definition) is 1. The van der Waals surface area contributed by atoms with E-state index in [-0.39, 0.29) is 0 Å². The van der Waals surface area contributed by atoms with Gasteiger partial charge in [0.1, 0.15) is 0 Å². The molecule has 0 radical (unpaired) electrons. The minimum absolute atomic E-state index is 0.470. The molecule has 2 nitrogen and oxygen atoms in total. The van der Waals surface area contributed by atoms with Crippen LogP contribution >= 0.6 is 0 Å². The Balaban J connectivity index is 1.88. The summed E-state index contributed by atoms with van der Waals surface area (Å²) < 4.78 is 0. The summed E-state index contributed by atoms with van der Waals surface area (Å²) in [5.41, 5.74) is 6.43. The molecule has 2 aliphatic carbocycles. The number of allylic oxidation sites excluding steroid dienone is 2. The smallest absolute Gasteiger partial charge is 0.0872 e. The molecule has 21 heavy (non-hydrogen) atoms. The molecule has 0 bridgehead atoms. The average molecular weight is 294 g/mol. The fraction of sp³-hybridized carbons (Fsp3) is 0.895. The Hall–Kier alpha value is -0.500. The lowest BCUT2D eigenvalue weighted by atomic mass is 9.73. The van der Waals surface area contributed by atoms with E-state index in [9.17, 15) is 0 Å². The molecule has 0 saturated heterocycles. The van der Waals surface area contributed by atoms with Crippen LogP contribution in [0.1, 0.15) is 72.6 Å². The van der Waals surface area contributed by atoms with Crippen LogP contribution in [0.5, 0.6) is 0 Å². The molecule has 2 rings (SSSR count). The van der Waals surface area contributed by atoms with E-state index < -0.39 is 0 Å². The Kier molecular flexibility index (Phi) is 5.76. The standard InChI is InChI=1S/C19H36N2/c1-5-21(6-2)17-12-15(13-19(3,4)14-17)8-7-9-18(20)16-10-11-16/h12,15-16,18H,5-11,13-14,20H2,1-4H3/p+1. The van der Waals surface area contributed by atoms with Gasteiger partial charge in [0, 0.05) is 24.7 Å². The molecule has 0 aromatic rings. The lowest BCUT2D eigenvalue weighted by molar-refractivity contribution is -0.427. The van der Waals surface area contributed by atoms with Gasteiger partial charge in [-0.1, -0.05) is 19.9 Å². The first-order valence-electron chi connectivity index (χ1n) is 9.24. The van der Waals surface area contributed by atoms with E-state index >= 15 is 0 Å². The molecule has 2 atom stereocenters. The third-order valence-corrected chi connectivity index (χ3v) is 5.51. The molecule has 0 heterocycles. The fourth-order valence-corrected chi connectivity index (χ4v) is 4.14. The van der Waals surface area contributed by atoms with Crippen molar-refractivity contribution in [3.63, 3.8) is 0 Å². The van der Waals surface area contributed by atoms with Crippen molar-refractivity contribution in [1.82, 2.24) is 4.90 Å². The first-order valence-corrected chi connectivity index (χ1v) is 9.24. The molecule has 3 N–H and O–H groups in total. The molecular formula is C19H37N2+. The van der Waals surface area contributed by atoms with Crippen LogP contribution in [0, 0.1) is 17.3 Å². The maximum Gasteiger partial charge on any atom is 0.0872 e. The molecule has 0 amide bonds. The van der Waals surface area contributed by atoms with Crippen molar-refractivity contribution in [2.45, 2.75) is 78.7 Å². The first-order chi connectivity index (χ1) is 9.95. The van der Waals surface area contributed by atoms with Crippen LogP contribution in [-0.2, 0) is 0 Å². The minimum atomic E-state index is 0.470. The molecule has 0 spiro atoms. The van der Waals surface area contributed by atoms with Crippen LogP contribution in [0.4, 0.5) is 0 Å². The molecule has 1 fully saturated rings. The largest absolute Gasteiger partial charge is 0.376 e. The van der Waals surface area contributed by atoms with Crippen LogP contribution in [0.15, 0.2) is 11.8 Å². The van der Waals surface area contributed by atoms with Crippen LogP contribution in [0.25, 0.3) is 0 Å². The minimum Gasteiger partial charge on any atom is -0.376 e. The summed E-state index contributed by atoms with van der Waals surface area (Å²) in [5, 5.41) is 0.